The Morgan fingerprint density at radius 2 is 2.00 bits per heavy atom. The van der Waals surface area contributed by atoms with Crippen LogP contribution in [0.15, 0.2) is 0 Å². The van der Waals surface area contributed by atoms with Gasteiger partial charge in [-0.15, -0.1) is 0 Å². The largest absolute Gasteiger partial charge is 0.352 e. The van der Waals surface area contributed by atoms with Gasteiger partial charge in [0, 0.05) is 31.1 Å². The summed E-state index contributed by atoms with van der Waals surface area (Å²) in [6, 6.07) is 1.11. The van der Waals surface area contributed by atoms with Crippen molar-refractivity contribution in [3.8, 4) is 0 Å². The van der Waals surface area contributed by atoms with Gasteiger partial charge in [-0.25, -0.2) is 0 Å². The second kappa shape index (κ2) is 5.83. The number of hydrogen-bond donors (Lipinski definition) is 2. The summed E-state index contributed by atoms with van der Waals surface area (Å²) in [5, 5.41) is 6.55. The number of piperidine rings is 1. The maximum absolute atomic E-state index is 11.6. The van der Waals surface area contributed by atoms with Gasteiger partial charge in [0.2, 0.25) is 5.91 Å². The normalized spacial score (nSPS) is 27.6. The third-order valence-electron chi connectivity index (χ3n) is 3.92. The van der Waals surface area contributed by atoms with Crippen molar-refractivity contribution < 1.29 is 4.79 Å². The fourth-order valence-electron chi connectivity index (χ4n) is 2.78. The van der Waals surface area contributed by atoms with Gasteiger partial charge < -0.3 is 10.6 Å². The first-order valence-corrected chi connectivity index (χ1v) is 6.92. The summed E-state index contributed by atoms with van der Waals surface area (Å²) >= 11 is 0. The Morgan fingerprint density at radius 1 is 1.29 bits per heavy atom. The Hall–Kier alpha value is -0.610. The molecular weight excluding hydrogens is 214 g/mol. The summed E-state index contributed by atoms with van der Waals surface area (Å²) in [7, 11) is 0. The fraction of sp³-hybridized carbons (Fsp3) is 0.923. The molecule has 0 unspecified atom stereocenters. The molecule has 4 nitrogen and oxygen atoms in total. The number of nitrogens with zero attached hydrogens (tertiary/aromatic N) is 1. The second-order valence-corrected chi connectivity index (χ2v) is 5.62. The Balaban J connectivity index is 1.76. The predicted octanol–water partition coefficient (Wildman–Crippen LogP) is 0.585. The maximum atomic E-state index is 11.6. The van der Waals surface area contributed by atoms with Gasteiger partial charge in [0.1, 0.15) is 0 Å². The van der Waals surface area contributed by atoms with E-state index in [2.05, 4.69) is 15.5 Å². The molecule has 1 atom stereocenters. The van der Waals surface area contributed by atoms with E-state index in [-0.39, 0.29) is 11.8 Å². The molecule has 98 valence electrons. The van der Waals surface area contributed by atoms with Crippen LogP contribution in [0, 0.1) is 5.92 Å². The number of nitrogens with one attached hydrogen (secondary N) is 2. The molecule has 0 aliphatic carbocycles. The van der Waals surface area contributed by atoms with Crippen molar-refractivity contribution in [3.05, 3.63) is 0 Å². The number of amides is 1. The van der Waals surface area contributed by atoms with Crippen molar-refractivity contribution in [1.82, 2.24) is 15.5 Å². The van der Waals surface area contributed by atoms with Crippen LogP contribution in [0.1, 0.15) is 33.1 Å². The van der Waals surface area contributed by atoms with Crippen LogP contribution in [0.25, 0.3) is 0 Å². The van der Waals surface area contributed by atoms with Gasteiger partial charge in [0.15, 0.2) is 0 Å². The fourth-order valence-corrected chi connectivity index (χ4v) is 2.78. The monoisotopic (exact) mass is 239 g/mol. The van der Waals surface area contributed by atoms with Gasteiger partial charge in [-0.2, -0.15) is 0 Å². The minimum Gasteiger partial charge on any atom is -0.352 e. The highest BCUT2D eigenvalue weighted by Crippen LogP contribution is 2.18. The van der Waals surface area contributed by atoms with E-state index in [9.17, 15) is 4.79 Å². The Labute approximate surface area is 104 Å². The minimum atomic E-state index is 0.0999. The van der Waals surface area contributed by atoms with Crippen molar-refractivity contribution in [2.75, 3.05) is 26.2 Å². The van der Waals surface area contributed by atoms with Crippen molar-refractivity contribution in [2.24, 2.45) is 5.92 Å². The van der Waals surface area contributed by atoms with Crippen LogP contribution in [-0.2, 0) is 4.79 Å². The Kier molecular flexibility index (Phi) is 4.40. The maximum Gasteiger partial charge on any atom is 0.222 e. The standard InChI is InChI=1S/C13H25N3O/c1-10(2)13(17)15-11-5-8-16(9-11)12-3-6-14-7-4-12/h10-12,14H,3-9H2,1-2H3,(H,15,17)/t11-/m0/s1. The molecule has 0 bridgehead atoms. The zero-order valence-electron chi connectivity index (χ0n) is 11.0. The second-order valence-electron chi connectivity index (χ2n) is 5.62. The SMILES string of the molecule is CC(C)C(=O)N[C@H]1CCN(C2CCNCC2)C1. The lowest BCUT2D eigenvalue weighted by molar-refractivity contribution is -0.124. The third kappa shape index (κ3) is 3.42. The zero-order chi connectivity index (χ0) is 12.3. The average Bonchev–Trinajstić information content (AvgIpc) is 2.78. The topological polar surface area (TPSA) is 44.4 Å². The highest BCUT2D eigenvalue weighted by Gasteiger charge is 2.29. The molecule has 0 spiro atoms. The number of hydrogen-bond acceptors (Lipinski definition) is 3. The van der Waals surface area contributed by atoms with Crippen LogP contribution in [0.4, 0.5) is 0 Å². The van der Waals surface area contributed by atoms with E-state index in [1.54, 1.807) is 0 Å². The Morgan fingerprint density at radius 3 is 2.65 bits per heavy atom. The molecule has 1 amide bonds. The molecule has 2 rings (SSSR count). The highest BCUT2D eigenvalue weighted by molar-refractivity contribution is 5.78. The minimum absolute atomic E-state index is 0.0999. The van der Waals surface area contributed by atoms with Gasteiger partial charge in [-0.1, -0.05) is 13.8 Å². The summed E-state index contributed by atoms with van der Waals surface area (Å²) in [5.74, 6) is 0.296. The van der Waals surface area contributed by atoms with Crippen LogP contribution in [-0.4, -0.2) is 49.1 Å². The van der Waals surface area contributed by atoms with E-state index in [4.69, 9.17) is 0 Å². The van der Waals surface area contributed by atoms with E-state index in [1.165, 1.54) is 12.8 Å². The number of rotatable bonds is 3. The first-order chi connectivity index (χ1) is 8.16. The lowest BCUT2D eigenvalue weighted by Gasteiger charge is -2.31. The summed E-state index contributed by atoms with van der Waals surface area (Å²) in [4.78, 5) is 14.2. The van der Waals surface area contributed by atoms with Crippen molar-refractivity contribution in [2.45, 2.75) is 45.2 Å². The molecule has 0 aromatic heterocycles. The molecular formula is C13H25N3O. The van der Waals surface area contributed by atoms with Gasteiger partial charge in [0.05, 0.1) is 0 Å². The zero-order valence-corrected chi connectivity index (χ0v) is 11.0. The molecule has 0 saturated carbocycles. The smallest absolute Gasteiger partial charge is 0.222 e. The van der Waals surface area contributed by atoms with Gasteiger partial charge in [0.25, 0.3) is 0 Å². The molecule has 2 saturated heterocycles. The molecule has 17 heavy (non-hydrogen) atoms. The van der Waals surface area contributed by atoms with Crippen LogP contribution in [0.2, 0.25) is 0 Å². The first-order valence-electron chi connectivity index (χ1n) is 6.92. The van der Waals surface area contributed by atoms with Gasteiger partial charge in [-0.05, 0) is 32.4 Å². The first kappa shape index (κ1) is 12.8. The summed E-state index contributed by atoms with van der Waals surface area (Å²) in [6.45, 7) is 8.38. The molecule has 2 heterocycles. The Bertz CT molecular complexity index is 261. The highest BCUT2D eigenvalue weighted by atomic mass is 16.1. The van der Waals surface area contributed by atoms with Crippen molar-refractivity contribution >= 4 is 5.91 Å². The van der Waals surface area contributed by atoms with E-state index in [0.717, 1.165) is 38.6 Å². The molecule has 2 N–H and O–H groups in total. The van der Waals surface area contributed by atoms with Gasteiger partial charge >= 0.3 is 0 Å². The van der Waals surface area contributed by atoms with Crippen LogP contribution in [0.3, 0.4) is 0 Å². The van der Waals surface area contributed by atoms with Crippen LogP contribution >= 0.6 is 0 Å². The summed E-state index contributed by atoms with van der Waals surface area (Å²) in [5.41, 5.74) is 0. The molecule has 2 aliphatic rings. The average molecular weight is 239 g/mol. The van der Waals surface area contributed by atoms with E-state index in [1.807, 2.05) is 13.8 Å². The lowest BCUT2D eigenvalue weighted by Crippen LogP contribution is -2.44. The van der Waals surface area contributed by atoms with Crippen LogP contribution in [0.5, 0.6) is 0 Å². The number of likely N-dealkylation sites (tertiary alicyclic amines) is 1. The quantitative estimate of drug-likeness (QED) is 0.757. The third-order valence-corrected chi connectivity index (χ3v) is 3.92. The summed E-state index contributed by atoms with van der Waals surface area (Å²) < 4.78 is 0. The molecule has 2 fully saturated rings. The van der Waals surface area contributed by atoms with E-state index < -0.39 is 0 Å². The van der Waals surface area contributed by atoms with E-state index in [0.29, 0.717) is 6.04 Å². The van der Waals surface area contributed by atoms with E-state index >= 15 is 0 Å². The number of carbonyl (C=O) groups excluding carboxylic acids is 1. The predicted molar refractivity (Wildman–Crippen MR) is 68.9 cm³/mol. The summed E-state index contributed by atoms with van der Waals surface area (Å²) in [6.07, 6.45) is 3.62. The van der Waals surface area contributed by atoms with Gasteiger partial charge in [-0.3, -0.25) is 9.69 Å². The molecule has 4 heteroatoms. The molecule has 2 aliphatic heterocycles. The van der Waals surface area contributed by atoms with Crippen LogP contribution < -0.4 is 10.6 Å². The van der Waals surface area contributed by atoms with Crippen molar-refractivity contribution in [1.29, 1.82) is 0 Å². The molecule has 0 radical (unpaired) electrons. The number of carbonyl (C=O) groups is 1. The van der Waals surface area contributed by atoms with Crippen molar-refractivity contribution in [3.63, 3.8) is 0 Å². The molecule has 0 aromatic carbocycles. The molecule has 0 aromatic rings. The lowest BCUT2D eigenvalue weighted by atomic mass is 10.1.